The van der Waals surface area contributed by atoms with E-state index in [-0.39, 0.29) is 11.9 Å². The minimum atomic E-state index is -0.750. The molecule has 1 unspecified atom stereocenters. The topological polar surface area (TPSA) is 64.8 Å². The van der Waals surface area contributed by atoms with Crippen molar-refractivity contribution in [2.24, 2.45) is 5.73 Å². The number of benzene rings is 2. The molecule has 144 valence electrons. The SMILES string of the molecule is COC1(OC)CCC(CN)N(C(=O)Cc2ccccc2-c2ccccc2)C1. The Morgan fingerprint density at radius 3 is 2.44 bits per heavy atom. The Morgan fingerprint density at radius 2 is 1.78 bits per heavy atom. The Hall–Kier alpha value is -2.21. The van der Waals surface area contributed by atoms with Gasteiger partial charge in [-0.3, -0.25) is 4.79 Å². The van der Waals surface area contributed by atoms with Gasteiger partial charge in [0.25, 0.3) is 0 Å². The summed E-state index contributed by atoms with van der Waals surface area (Å²) in [5.74, 6) is -0.702. The maximum Gasteiger partial charge on any atom is 0.227 e. The lowest BCUT2D eigenvalue weighted by Gasteiger charge is -2.45. The molecule has 0 radical (unpaired) electrons. The number of amides is 1. The summed E-state index contributed by atoms with van der Waals surface area (Å²) in [5.41, 5.74) is 9.14. The number of carbonyl (C=O) groups excluding carboxylic acids is 1. The van der Waals surface area contributed by atoms with Gasteiger partial charge in [0, 0.05) is 33.2 Å². The molecule has 5 heteroatoms. The van der Waals surface area contributed by atoms with E-state index in [4.69, 9.17) is 15.2 Å². The molecular formula is C22H28N2O3. The molecule has 1 heterocycles. The summed E-state index contributed by atoms with van der Waals surface area (Å²) in [6, 6.07) is 18.2. The number of ether oxygens (including phenoxy) is 2. The first-order valence-corrected chi connectivity index (χ1v) is 9.35. The average molecular weight is 368 g/mol. The summed E-state index contributed by atoms with van der Waals surface area (Å²) in [5, 5.41) is 0. The molecule has 0 aliphatic carbocycles. The van der Waals surface area contributed by atoms with Crippen LogP contribution in [0, 0.1) is 0 Å². The molecule has 27 heavy (non-hydrogen) atoms. The van der Waals surface area contributed by atoms with Crippen molar-refractivity contribution >= 4 is 5.91 Å². The lowest BCUT2D eigenvalue weighted by atomic mass is 9.94. The maximum absolute atomic E-state index is 13.2. The minimum absolute atomic E-state index is 0.0137. The van der Waals surface area contributed by atoms with E-state index in [1.54, 1.807) is 14.2 Å². The first-order valence-electron chi connectivity index (χ1n) is 9.35. The predicted octanol–water partition coefficient (Wildman–Crippen LogP) is 2.83. The molecular weight excluding hydrogens is 340 g/mol. The summed E-state index contributed by atoms with van der Waals surface area (Å²) in [4.78, 5) is 15.0. The zero-order valence-electron chi connectivity index (χ0n) is 16.1. The molecule has 1 aliphatic heterocycles. The van der Waals surface area contributed by atoms with Crippen molar-refractivity contribution in [3.8, 4) is 11.1 Å². The van der Waals surface area contributed by atoms with Gasteiger partial charge in [0.05, 0.1) is 13.0 Å². The molecule has 0 aromatic heterocycles. The second-order valence-corrected chi connectivity index (χ2v) is 6.97. The van der Waals surface area contributed by atoms with Crippen LogP contribution < -0.4 is 5.73 Å². The molecule has 5 nitrogen and oxygen atoms in total. The van der Waals surface area contributed by atoms with Gasteiger partial charge in [0.1, 0.15) is 0 Å². The number of piperidine rings is 1. The second-order valence-electron chi connectivity index (χ2n) is 6.97. The van der Waals surface area contributed by atoms with Crippen molar-refractivity contribution in [1.29, 1.82) is 0 Å². The quantitative estimate of drug-likeness (QED) is 0.797. The van der Waals surface area contributed by atoms with E-state index in [1.165, 1.54) is 0 Å². The first kappa shape index (κ1) is 19.5. The third-order valence-corrected chi connectivity index (χ3v) is 5.49. The molecule has 2 aromatic rings. The lowest BCUT2D eigenvalue weighted by Crippen LogP contribution is -2.58. The van der Waals surface area contributed by atoms with Crippen LogP contribution in [0.3, 0.4) is 0 Å². The zero-order chi connectivity index (χ0) is 19.3. The molecule has 2 aromatic carbocycles. The van der Waals surface area contributed by atoms with Crippen LogP contribution in [0.15, 0.2) is 54.6 Å². The van der Waals surface area contributed by atoms with E-state index >= 15 is 0 Å². The molecule has 1 aliphatic rings. The number of hydrogen-bond donors (Lipinski definition) is 1. The van der Waals surface area contributed by atoms with Crippen molar-refractivity contribution in [3.05, 3.63) is 60.2 Å². The van der Waals surface area contributed by atoms with Crippen LogP contribution in [0.4, 0.5) is 0 Å². The van der Waals surface area contributed by atoms with Gasteiger partial charge in [0.2, 0.25) is 5.91 Å². The highest BCUT2D eigenvalue weighted by Crippen LogP contribution is 2.30. The summed E-state index contributed by atoms with van der Waals surface area (Å²) in [6.45, 7) is 0.837. The van der Waals surface area contributed by atoms with Gasteiger partial charge >= 0.3 is 0 Å². The van der Waals surface area contributed by atoms with Crippen LogP contribution in [0.2, 0.25) is 0 Å². The average Bonchev–Trinajstić information content (AvgIpc) is 2.74. The van der Waals surface area contributed by atoms with Gasteiger partial charge in [-0.15, -0.1) is 0 Å². The van der Waals surface area contributed by atoms with Crippen LogP contribution in [-0.4, -0.2) is 49.9 Å². The van der Waals surface area contributed by atoms with Gasteiger partial charge in [0.15, 0.2) is 5.79 Å². The molecule has 2 N–H and O–H groups in total. The van der Waals surface area contributed by atoms with Crippen molar-refractivity contribution in [1.82, 2.24) is 4.90 Å². The fourth-order valence-corrected chi connectivity index (χ4v) is 3.80. The van der Waals surface area contributed by atoms with E-state index < -0.39 is 5.79 Å². The highest BCUT2D eigenvalue weighted by molar-refractivity contribution is 5.82. The van der Waals surface area contributed by atoms with Crippen molar-refractivity contribution in [3.63, 3.8) is 0 Å². The molecule has 0 spiro atoms. The lowest BCUT2D eigenvalue weighted by molar-refractivity contribution is -0.237. The fraction of sp³-hybridized carbons (Fsp3) is 0.409. The highest BCUT2D eigenvalue weighted by atomic mass is 16.7. The fourth-order valence-electron chi connectivity index (χ4n) is 3.80. The van der Waals surface area contributed by atoms with Gasteiger partial charge in [-0.25, -0.2) is 0 Å². The summed E-state index contributed by atoms with van der Waals surface area (Å²) in [7, 11) is 3.25. The van der Waals surface area contributed by atoms with E-state index in [1.807, 2.05) is 41.3 Å². The number of likely N-dealkylation sites (tertiary alicyclic amines) is 1. The normalized spacial score (nSPS) is 19.1. The third-order valence-electron chi connectivity index (χ3n) is 5.49. The van der Waals surface area contributed by atoms with Crippen LogP contribution in [0.5, 0.6) is 0 Å². The number of methoxy groups -OCH3 is 2. The van der Waals surface area contributed by atoms with E-state index in [9.17, 15) is 4.79 Å². The van der Waals surface area contributed by atoms with Gasteiger partial charge < -0.3 is 20.1 Å². The molecule has 1 fully saturated rings. The standard InChI is InChI=1S/C22H28N2O3/c1-26-22(27-2)13-12-19(15-23)24(16-22)21(25)14-18-10-6-7-11-20(18)17-8-4-3-5-9-17/h3-11,19H,12-16,23H2,1-2H3. The summed E-state index contributed by atoms with van der Waals surface area (Å²) in [6.07, 6.45) is 1.82. The minimum Gasteiger partial charge on any atom is -0.351 e. The Kier molecular flexibility index (Phi) is 6.26. The van der Waals surface area contributed by atoms with Crippen LogP contribution in [0.1, 0.15) is 18.4 Å². The number of hydrogen-bond acceptors (Lipinski definition) is 4. The summed E-state index contributed by atoms with van der Waals surface area (Å²) >= 11 is 0. The second kappa shape index (κ2) is 8.65. The molecule has 1 atom stereocenters. The molecule has 3 rings (SSSR count). The Morgan fingerprint density at radius 1 is 1.11 bits per heavy atom. The largest absolute Gasteiger partial charge is 0.351 e. The maximum atomic E-state index is 13.2. The third kappa shape index (κ3) is 4.21. The van der Waals surface area contributed by atoms with E-state index in [2.05, 4.69) is 18.2 Å². The zero-order valence-corrected chi connectivity index (χ0v) is 16.1. The Labute approximate surface area is 161 Å². The van der Waals surface area contributed by atoms with E-state index in [0.29, 0.717) is 19.5 Å². The van der Waals surface area contributed by atoms with E-state index in [0.717, 1.165) is 29.5 Å². The summed E-state index contributed by atoms with van der Waals surface area (Å²) < 4.78 is 11.2. The van der Waals surface area contributed by atoms with Crippen molar-refractivity contribution in [2.75, 3.05) is 27.3 Å². The Balaban J connectivity index is 1.84. The van der Waals surface area contributed by atoms with Crippen LogP contribution >= 0.6 is 0 Å². The van der Waals surface area contributed by atoms with Crippen LogP contribution in [-0.2, 0) is 20.7 Å². The monoisotopic (exact) mass is 368 g/mol. The smallest absolute Gasteiger partial charge is 0.227 e. The molecule has 0 saturated carbocycles. The predicted molar refractivity (Wildman–Crippen MR) is 106 cm³/mol. The van der Waals surface area contributed by atoms with Gasteiger partial charge in [-0.2, -0.15) is 0 Å². The van der Waals surface area contributed by atoms with Gasteiger partial charge in [-0.1, -0.05) is 54.6 Å². The van der Waals surface area contributed by atoms with Crippen molar-refractivity contribution in [2.45, 2.75) is 31.1 Å². The first-order chi connectivity index (χ1) is 13.1. The number of nitrogens with zero attached hydrogens (tertiary/aromatic N) is 1. The number of carbonyl (C=O) groups is 1. The Bertz CT molecular complexity index is 759. The van der Waals surface area contributed by atoms with Crippen molar-refractivity contribution < 1.29 is 14.3 Å². The highest BCUT2D eigenvalue weighted by Gasteiger charge is 2.41. The number of rotatable bonds is 6. The van der Waals surface area contributed by atoms with Crippen LogP contribution in [0.25, 0.3) is 11.1 Å². The number of nitrogens with two attached hydrogens (primary N) is 1. The molecule has 1 saturated heterocycles. The van der Waals surface area contributed by atoms with Gasteiger partial charge in [-0.05, 0) is 23.1 Å². The molecule has 1 amide bonds. The molecule has 0 bridgehead atoms.